The van der Waals surface area contributed by atoms with Crippen LogP contribution in [-0.2, 0) is 26.5 Å². The Morgan fingerprint density at radius 1 is 0.656 bits per heavy atom. The van der Waals surface area contributed by atoms with E-state index in [-0.39, 0.29) is 20.1 Å². The van der Waals surface area contributed by atoms with Crippen molar-refractivity contribution >= 4 is 50.6 Å². The first-order chi connectivity index (χ1) is 29.2. The molecule has 0 N–H and O–H groups in total. The third-order valence-electron chi connectivity index (χ3n) is 11.0. The quantitative estimate of drug-likeness (QED) is 0.113. The van der Waals surface area contributed by atoms with Crippen molar-refractivity contribution in [2.45, 2.75) is 37.5 Å². The van der Waals surface area contributed by atoms with Crippen LogP contribution < -0.4 is 4.40 Å². The van der Waals surface area contributed by atoms with E-state index in [1.807, 2.05) is 54.6 Å². The maximum absolute atomic E-state index is 6.45. The van der Waals surface area contributed by atoms with Crippen LogP contribution in [0.25, 0.3) is 83.6 Å². The summed E-state index contributed by atoms with van der Waals surface area (Å²) in [5.74, 6) is 8.79. The maximum Gasteiger partial charge on any atom is 0.120 e. The summed E-state index contributed by atoms with van der Waals surface area (Å²) in [6, 6.07) is 65.4. The van der Waals surface area contributed by atoms with Crippen LogP contribution >= 0.6 is 0 Å². The predicted molar refractivity (Wildman–Crippen MR) is 254 cm³/mol. The van der Waals surface area contributed by atoms with Gasteiger partial charge in [-0.3, -0.25) is 4.98 Å². The predicted octanol–water partition coefficient (Wildman–Crippen LogP) is 14.0. The van der Waals surface area contributed by atoms with Crippen LogP contribution in [-0.4, -0.2) is 27.8 Å². The molecule has 61 heavy (non-hydrogen) atoms. The fourth-order valence-corrected chi connectivity index (χ4v) is 11.5. The van der Waals surface area contributed by atoms with Gasteiger partial charge < -0.3 is 8.98 Å². The average Bonchev–Trinajstić information content (AvgIpc) is 3.86. The molecule has 7 aromatic carbocycles. The van der Waals surface area contributed by atoms with Gasteiger partial charge in [0, 0.05) is 36.7 Å². The standard InChI is InChI=1S/C37H23N2O.C18H24GeN.Ir/c1-3-12-25(13-4-1)27-22-23-28(26-14-5-2-6-15-26)34(24-27)39-33-20-9-8-19-32(33)38-37(39)31-18-11-17-30-29-16-7-10-21-35(29)40-36(30)31;1-14(2)11-16-12-18(15-9-7-6-8-10-15)20-13-17(16)19(3,4)5;/h1-17,19-24H;6-9,12-14H,11H2,1-5H3;/q2*-1;. The van der Waals surface area contributed by atoms with Gasteiger partial charge in [-0.1, -0.05) is 114 Å². The second-order valence-electron chi connectivity index (χ2n) is 16.8. The number of nitrogens with zero attached hydrogens (tertiary/aromatic N) is 3. The molecule has 0 spiro atoms. The van der Waals surface area contributed by atoms with Crippen molar-refractivity contribution in [3.8, 4) is 50.6 Å². The number of furan rings is 1. The summed E-state index contributed by atoms with van der Waals surface area (Å²) >= 11 is -1.86. The molecule has 10 aromatic rings. The van der Waals surface area contributed by atoms with E-state index in [9.17, 15) is 0 Å². The molecule has 6 heteroatoms. The molecule has 0 aliphatic heterocycles. The molecular weight excluding hydrogens is 983 g/mol. The molecule has 0 unspecified atom stereocenters. The number of para-hydroxylation sites is 3. The molecule has 3 aromatic heterocycles. The van der Waals surface area contributed by atoms with Crippen molar-refractivity contribution < 1.29 is 24.5 Å². The molecule has 3 heterocycles. The molecule has 303 valence electrons. The van der Waals surface area contributed by atoms with Gasteiger partial charge in [0.25, 0.3) is 0 Å². The smallest absolute Gasteiger partial charge is 0.120 e. The molecule has 0 aliphatic rings. The summed E-state index contributed by atoms with van der Waals surface area (Å²) in [4.78, 5) is 9.89. The minimum absolute atomic E-state index is 0. The number of pyridine rings is 1. The molecule has 4 nitrogen and oxygen atoms in total. The van der Waals surface area contributed by atoms with Crippen molar-refractivity contribution in [3.05, 3.63) is 194 Å². The second-order valence-corrected chi connectivity index (χ2v) is 27.3. The van der Waals surface area contributed by atoms with Gasteiger partial charge in [-0.2, -0.15) is 0 Å². The summed E-state index contributed by atoms with van der Waals surface area (Å²) in [5.41, 5.74) is 13.7. The molecule has 1 radical (unpaired) electrons. The molecule has 0 bridgehead atoms. The van der Waals surface area contributed by atoms with Crippen LogP contribution in [0.15, 0.2) is 180 Å². The van der Waals surface area contributed by atoms with E-state index in [2.05, 4.69) is 169 Å². The van der Waals surface area contributed by atoms with Crippen LogP contribution in [0.1, 0.15) is 19.4 Å². The number of aromatic nitrogens is 3. The first-order valence-electron chi connectivity index (χ1n) is 20.7. The van der Waals surface area contributed by atoms with Crippen molar-refractivity contribution in [2.75, 3.05) is 0 Å². The molecule has 0 atom stereocenters. The van der Waals surface area contributed by atoms with Gasteiger partial charge in [0.1, 0.15) is 5.58 Å². The zero-order chi connectivity index (χ0) is 41.2. The van der Waals surface area contributed by atoms with Crippen LogP contribution in [0.2, 0.25) is 17.3 Å². The summed E-state index contributed by atoms with van der Waals surface area (Å²) in [7, 11) is 0. The van der Waals surface area contributed by atoms with Crippen LogP contribution in [0.4, 0.5) is 0 Å². The van der Waals surface area contributed by atoms with E-state index in [1.54, 1.807) is 4.40 Å². The van der Waals surface area contributed by atoms with Gasteiger partial charge in [-0.25, -0.2) is 0 Å². The molecule has 0 fully saturated rings. The van der Waals surface area contributed by atoms with Crippen LogP contribution in [0.3, 0.4) is 0 Å². The number of rotatable bonds is 8. The van der Waals surface area contributed by atoms with Crippen molar-refractivity contribution in [1.82, 2.24) is 14.5 Å². The Labute approximate surface area is 375 Å². The van der Waals surface area contributed by atoms with Crippen molar-refractivity contribution in [3.63, 3.8) is 0 Å². The number of hydrogen-bond acceptors (Lipinski definition) is 3. The van der Waals surface area contributed by atoms with Crippen molar-refractivity contribution in [2.24, 2.45) is 5.92 Å². The van der Waals surface area contributed by atoms with E-state index in [4.69, 9.17) is 14.4 Å². The van der Waals surface area contributed by atoms with E-state index >= 15 is 0 Å². The number of imidazole rings is 1. The van der Waals surface area contributed by atoms with Gasteiger partial charge in [-0.05, 0) is 41.0 Å². The Bertz CT molecular complexity index is 3080. The van der Waals surface area contributed by atoms with E-state index in [1.165, 1.54) is 11.1 Å². The fraction of sp³-hybridized carbons (Fsp3) is 0.127. The van der Waals surface area contributed by atoms with Crippen molar-refractivity contribution in [1.29, 1.82) is 0 Å². The number of hydrogen-bond donors (Lipinski definition) is 0. The first kappa shape index (κ1) is 41.9. The minimum Gasteiger partial charge on any atom is -0.501 e. The molecular formula is C55H47GeIrN3O-2. The average molecular weight is 1030 g/mol. The van der Waals surface area contributed by atoms with E-state index in [0.717, 1.165) is 84.4 Å². The Kier molecular flexibility index (Phi) is 12.4. The van der Waals surface area contributed by atoms with E-state index < -0.39 is 13.3 Å². The largest absolute Gasteiger partial charge is 0.501 e. The Morgan fingerprint density at radius 3 is 2.10 bits per heavy atom. The number of benzene rings is 7. The number of fused-ring (bicyclic) bond motifs is 4. The fourth-order valence-electron chi connectivity index (χ4n) is 8.16. The zero-order valence-corrected chi connectivity index (χ0v) is 39.6. The van der Waals surface area contributed by atoms with Gasteiger partial charge in [0.05, 0.1) is 22.4 Å². The second kappa shape index (κ2) is 18.0. The van der Waals surface area contributed by atoms with Crippen LogP contribution in [0, 0.1) is 18.1 Å². The SMILES string of the molecule is CC(C)Cc1cc(-c2[c-]cccc2)nc[c]1[Ge]([CH3])([CH3])[CH3].[Ir].[c-]1ccc2c(oc3ccccc32)c1-c1nc2ccccc2n1-c1cc(-c2ccccc2)ccc1-c1ccccc1. The first-order valence-corrected chi connectivity index (χ1v) is 28.1. The normalized spacial score (nSPS) is 11.4. The summed E-state index contributed by atoms with van der Waals surface area (Å²) in [6.45, 7) is 4.57. The minimum atomic E-state index is -1.86. The van der Waals surface area contributed by atoms with Gasteiger partial charge in [0.15, 0.2) is 0 Å². The molecule has 10 rings (SSSR count). The maximum atomic E-state index is 6.45. The van der Waals surface area contributed by atoms with Gasteiger partial charge in [-0.15, -0.1) is 18.2 Å². The van der Waals surface area contributed by atoms with E-state index in [0.29, 0.717) is 5.92 Å². The summed E-state index contributed by atoms with van der Waals surface area (Å²) in [6.07, 6.45) is 3.27. The monoisotopic (exact) mass is 1030 g/mol. The molecule has 0 saturated carbocycles. The Balaban J connectivity index is 0.000000208. The molecule has 0 aliphatic carbocycles. The van der Waals surface area contributed by atoms with Gasteiger partial charge in [0.2, 0.25) is 0 Å². The molecule has 0 saturated heterocycles. The topological polar surface area (TPSA) is 43.9 Å². The summed E-state index contributed by atoms with van der Waals surface area (Å²) < 4.78 is 10.3. The third kappa shape index (κ3) is 8.69. The molecule has 0 amide bonds. The summed E-state index contributed by atoms with van der Waals surface area (Å²) in [5, 5.41) is 2.15. The van der Waals surface area contributed by atoms with Gasteiger partial charge >= 0.3 is 126 Å². The third-order valence-corrected chi connectivity index (χ3v) is 15.3. The zero-order valence-electron chi connectivity index (χ0n) is 35.1. The Morgan fingerprint density at radius 2 is 1.36 bits per heavy atom. The Hall–Kier alpha value is -5.85. The van der Waals surface area contributed by atoms with Crippen LogP contribution in [0.5, 0.6) is 0 Å².